The zero-order valence-electron chi connectivity index (χ0n) is 24.6. The molecule has 2 aliphatic heterocycles. The molecule has 0 aliphatic carbocycles. The van der Waals surface area contributed by atoms with Gasteiger partial charge in [0.05, 0.1) is 51.5 Å². The van der Waals surface area contributed by atoms with Crippen LogP contribution < -0.4 is 19.1 Å². The predicted octanol–water partition coefficient (Wildman–Crippen LogP) is 3.79. The summed E-state index contributed by atoms with van der Waals surface area (Å²) in [7, 11) is 1.57. The number of hydrogen-bond acceptors (Lipinski definition) is 6. The van der Waals surface area contributed by atoms with E-state index in [-0.39, 0.29) is 17.4 Å². The Morgan fingerprint density at radius 1 is 1.12 bits per heavy atom. The van der Waals surface area contributed by atoms with E-state index in [2.05, 4.69) is 27.7 Å². The van der Waals surface area contributed by atoms with Crippen LogP contribution in [0.15, 0.2) is 42.0 Å². The minimum absolute atomic E-state index is 0.0503. The lowest BCUT2D eigenvalue weighted by Gasteiger charge is -2.27. The standard InChI is InChI=1S/C32H42N2O6/c1-7-33(8-2)14-15-34-29(22-9-12-26(27(19-22)38-6)39-16-13-20(3)4)28(31(36)32(34)37)30(35)23-10-11-25-24(18-23)17-21(5)40-25/h9-12,18-21,29,35H,7-8,13-17H2,1-6H3/p+1/t21-,29-/m1/s1. The number of hydrogen-bond donors (Lipinski definition) is 2. The lowest BCUT2D eigenvalue weighted by Crippen LogP contribution is -3.12. The van der Waals surface area contributed by atoms with Crippen molar-refractivity contribution in [1.82, 2.24) is 4.90 Å². The highest BCUT2D eigenvalue weighted by molar-refractivity contribution is 6.46. The fourth-order valence-corrected chi connectivity index (χ4v) is 5.44. The molecule has 0 saturated carbocycles. The number of rotatable bonds is 12. The molecule has 0 unspecified atom stereocenters. The number of ketones is 1. The van der Waals surface area contributed by atoms with E-state index in [1.165, 1.54) is 4.90 Å². The van der Waals surface area contributed by atoms with Gasteiger partial charge in [-0.25, -0.2) is 0 Å². The number of carbonyl (C=O) groups excluding carboxylic acids is 2. The fourth-order valence-electron chi connectivity index (χ4n) is 5.44. The van der Waals surface area contributed by atoms with Gasteiger partial charge in [-0.15, -0.1) is 0 Å². The number of methoxy groups -OCH3 is 1. The van der Waals surface area contributed by atoms with Gasteiger partial charge in [0.15, 0.2) is 11.5 Å². The third-order valence-electron chi connectivity index (χ3n) is 7.87. The SMILES string of the molecule is CC[NH+](CC)CCN1C(=O)C(=O)C(=C(O)c2ccc3c(c2)C[C@@H](C)O3)[C@H]1c1ccc(OCCC(C)C)c(OC)c1. The smallest absolute Gasteiger partial charge is 0.295 e. The molecule has 2 aromatic rings. The van der Waals surface area contributed by atoms with Gasteiger partial charge in [0.2, 0.25) is 0 Å². The van der Waals surface area contributed by atoms with Gasteiger partial charge in [0.25, 0.3) is 11.7 Å². The monoisotopic (exact) mass is 551 g/mol. The maximum atomic E-state index is 13.5. The molecule has 0 spiro atoms. The van der Waals surface area contributed by atoms with Crippen molar-refractivity contribution in [2.75, 3.05) is 39.9 Å². The number of nitrogens with one attached hydrogen (secondary N) is 1. The van der Waals surface area contributed by atoms with Gasteiger partial charge >= 0.3 is 0 Å². The second-order valence-electron chi connectivity index (χ2n) is 11.1. The average molecular weight is 552 g/mol. The summed E-state index contributed by atoms with van der Waals surface area (Å²) in [5.74, 6) is 0.937. The third-order valence-corrected chi connectivity index (χ3v) is 7.87. The first-order valence-corrected chi connectivity index (χ1v) is 14.4. The van der Waals surface area contributed by atoms with E-state index in [1.54, 1.807) is 18.1 Å². The molecule has 1 saturated heterocycles. The molecule has 8 heteroatoms. The molecule has 0 radical (unpaired) electrons. The normalized spacial score (nSPS) is 19.9. The molecule has 0 aromatic heterocycles. The van der Waals surface area contributed by atoms with Crippen LogP contribution in [0.3, 0.4) is 0 Å². The van der Waals surface area contributed by atoms with Crippen molar-refractivity contribution in [3.05, 3.63) is 58.7 Å². The Hall–Kier alpha value is -3.52. The van der Waals surface area contributed by atoms with E-state index < -0.39 is 17.7 Å². The summed E-state index contributed by atoms with van der Waals surface area (Å²) >= 11 is 0. The second kappa shape index (κ2) is 12.8. The number of fused-ring (bicyclic) bond motifs is 1. The molecule has 2 N–H and O–H groups in total. The van der Waals surface area contributed by atoms with Crippen LogP contribution in [0.1, 0.15) is 63.8 Å². The van der Waals surface area contributed by atoms with E-state index in [0.717, 1.165) is 37.2 Å². The van der Waals surface area contributed by atoms with Crippen molar-refractivity contribution in [3.63, 3.8) is 0 Å². The number of benzene rings is 2. The molecule has 2 aromatic carbocycles. The summed E-state index contributed by atoms with van der Waals surface area (Å²) < 4.78 is 17.4. The maximum Gasteiger partial charge on any atom is 0.295 e. The first-order chi connectivity index (χ1) is 19.2. The molecule has 2 heterocycles. The average Bonchev–Trinajstić information content (AvgIpc) is 3.44. The first-order valence-electron chi connectivity index (χ1n) is 14.4. The number of likely N-dealkylation sites (tertiary alicyclic amines) is 1. The summed E-state index contributed by atoms with van der Waals surface area (Å²) in [6, 6.07) is 10.1. The highest BCUT2D eigenvalue weighted by Gasteiger charge is 2.46. The topological polar surface area (TPSA) is 89.7 Å². The second-order valence-corrected chi connectivity index (χ2v) is 11.1. The lowest BCUT2D eigenvalue weighted by molar-refractivity contribution is -0.895. The Morgan fingerprint density at radius 3 is 2.55 bits per heavy atom. The van der Waals surface area contributed by atoms with Crippen molar-refractivity contribution in [1.29, 1.82) is 0 Å². The van der Waals surface area contributed by atoms with Crippen LogP contribution in [0.5, 0.6) is 17.2 Å². The number of quaternary nitrogens is 1. The Labute approximate surface area is 237 Å². The van der Waals surface area contributed by atoms with Crippen molar-refractivity contribution < 1.29 is 33.8 Å². The van der Waals surface area contributed by atoms with Crippen LogP contribution in [0.25, 0.3) is 5.76 Å². The molecule has 216 valence electrons. The largest absolute Gasteiger partial charge is 0.507 e. The van der Waals surface area contributed by atoms with Gasteiger partial charge in [-0.2, -0.15) is 0 Å². The van der Waals surface area contributed by atoms with Crippen molar-refractivity contribution in [3.8, 4) is 17.2 Å². The van der Waals surface area contributed by atoms with Crippen LogP contribution >= 0.6 is 0 Å². The highest BCUT2D eigenvalue weighted by atomic mass is 16.5. The number of Topliss-reactive ketones (excluding diaryl/α,β-unsaturated/α-hetero) is 1. The van der Waals surface area contributed by atoms with Crippen LogP contribution in [0.4, 0.5) is 0 Å². The Kier molecular flexibility index (Phi) is 9.40. The van der Waals surface area contributed by atoms with E-state index in [1.807, 2.05) is 37.3 Å². The Bertz CT molecular complexity index is 1270. The van der Waals surface area contributed by atoms with Crippen LogP contribution in [-0.4, -0.2) is 67.7 Å². The molecular formula is C32H43N2O6+. The van der Waals surface area contributed by atoms with Gasteiger partial charge in [0, 0.05) is 12.0 Å². The number of nitrogens with zero attached hydrogens (tertiary/aromatic N) is 1. The summed E-state index contributed by atoms with van der Waals surface area (Å²) in [4.78, 5) is 29.8. The minimum atomic E-state index is -0.753. The number of amides is 1. The maximum absolute atomic E-state index is 13.5. The number of aliphatic hydroxyl groups excluding tert-OH is 1. The van der Waals surface area contributed by atoms with Crippen molar-refractivity contribution in [2.45, 2.75) is 59.6 Å². The van der Waals surface area contributed by atoms with Gasteiger partial charge < -0.3 is 29.1 Å². The summed E-state index contributed by atoms with van der Waals surface area (Å²) in [6.07, 6.45) is 1.67. The van der Waals surface area contributed by atoms with Crippen LogP contribution in [0.2, 0.25) is 0 Å². The fraction of sp³-hybridized carbons (Fsp3) is 0.500. The number of likely N-dealkylation sites (N-methyl/N-ethyl adjacent to an activating group) is 1. The van der Waals surface area contributed by atoms with E-state index in [4.69, 9.17) is 14.2 Å². The lowest BCUT2D eigenvalue weighted by atomic mass is 9.94. The minimum Gasteiger partial charge on any atom is -0.507 e. The molecule has 2 atom stereocenters. The Balaban J connectivity index is 1.77. The highest BCUT2D eigenvalue weighted by Crippen LogP contribution is 2.42. The molecular weight excluding hydrogens is 508 g/mol. The van der Waals surface area contributed by atoms with E-state index >= 15 is 0 Å². The molecule has 40 heavy (non-hydrogen) atoms. The third kappa shape index (κ3) is 6.12. The zero-order chi connectivity index (χ0) is 29.0. The number of ether oxygens (including phenoxy) is 3. The molecule has 8 nitrogen and oxygen atoms in total. The van der Waals surface area contributed by atoms with Gasteiger partial charge in [-0.1, -0.05) is 19.9 Å². The van der Waals surface area contributed by atoms with Gasteiger partial charge in [0.1, 0.15) is 17.6 Å². The number of carbonyl (C=O) groups is 2. The summed E-state index contributed by atoms with van der Waals surface area (Å²) in [5, 5.41) is 11.6. The molecule has 4 rings (SSSR count). The predicted molar refractivity (Wildman–Crippen MR) is 154 cm³/mol. The summed E-state index contributed by atoms with van der Waals surface area (Å²) in [6.45, 7) is 13.9. The Morgan fingerprint density at radius 2 is 1.88 bits per heavy atom. The number of aliphatic hydroxyl groups is 1. The molecule has 0 bridgehead atoms. The molecule has 2 aliphatic rings. The van der Waals surface area contributed by atoms with E-state index in [9.17, 15) is 14.7 Å². The van der Waals surface area contributed by atoms with Gasteiger partial charge in [-0.3, -0.25) is 9.59 Å². The van der Waals surface area contributed by atoms with Gasteiger partial charge in [-0.05, 0) is 74.6 Å². The summed E-state index contributed by atoms with van der Waals surface area (Å²) in [5.41, 5.74) is 2.23. The molecule has 1 amide bonds. The van der Waals surface area contributed by atoms with Crippen molar-refractivity contribution in [2.24, 2.45) is 5.92 Å². The van der Waals surface area contributed by atoms with Crippen LogP contribution in [-0.2, 0) is 16.0 Å². The van der Waals surface area contributed by atoms with Crippen molar-refractivity contribution >= 4 is 17.4 Å². The molecule has 1 fully saturated rings. The van der Waals surface area contributed by atoms with E-state index in [0.29, 0.717) is 48.2 Å². The zero-order valence-corrected chi connectivity index (χ0v) is 24.6. The first kappa shape index (κ1) is 29.5. The van der Waals surface area contributed by atoms with Crippen LogP contribution in [0, 0.1) is 5.92 Å². The quantitative estimate of drug-likeness (QED) is 0.237.